The third kappa shape index (κ3) is 4.64. The third-order valence-corrected chi connectivity index (χ3v) is 9.06. The lowest BCUT2D eigenvalue weighted by Gasteiger charge is -2.27. The minimum absolute atomic E-state index is 0.0379. The van der Waals surface area contributed by atoms with Gasteiger partial charge in [-0.3, -0.25) is 9.59 Å². The first-order valence-corrected chi connectivity index (χ1v) is 12.8. The van der Waals surface area contributed by atoms with Crippen molar-refractivity contribution in [2.24, 2.45) is 0 Å². The number of hydrogen-bond acceptors (Lipinski definition) is 6. The predicted molar refractivity (Wildman–Crippen MR) is 125 cm³/mol. The Hall–Kier alpha value is -2.64. The fourth-order valence-electron chi connectivity index (χ4n) is 4.02. The number of amides is 2. The van der Waals surface area contributed by atoms with E-state index in [9.17, 15) is 28.4 Å². The first-order chi connectivity index (χ1) is 16.1. The molecule has 2 aromatic rings. The minimum atomic E-state index is -4.00. The van der Waals surface area contributed by atoms with Gasteiger partial charge in [-0.1, -0.05) is 47.5 Å². The number of aliphatic hydroxyl groups excluding tert-OH is 1. The number of carbonyl (C=O) groups excluding carboxylic acids is 2. The average molecular weight is 522 g/mol. The number of nitrogens with one attached hydrogen (secondary N) is 1. The van der Waals surface area contributed by atoms with Gasteiger partial charge in [0.15, 0.2) is 15.9 Å². The van der Waals surface area contributed by atoms with E-state index in [0.29, 0.717) is 17.9 Å². The van der Waals surface area contributed by atoms with Gasteiger partial charge in [-0.15, -0.1) is 0 Å². The summed E-state index contributed by atoms with van der Waals surface area (Å²) in [6.45, 7) is -0.311. The molecule has 2 amide bonds. The Balaban J connectivity index is 1.65. The van der Waals surface area contributed by atoms with Crippen LogP contribution in [0.15, 0.2) is 53.4 Å². The summed E-state index contributed by atoms with van der Waals surface area (Å²) in [5, 5.41) is 22.0. The van der Waals surface area contributed by atoms with E-state index in [-0.39, 0.29) is 28.4 Å². The second-order valence-electron chi connectivity index (χ2n) is 8.48. The van der Waals surface area contributed by atoms with Gasteiger partial charge in [-0.2, -0.15) is 5.26 Å². The van der Waals surface area contributed by atoms with Crippen LogP contribution in [0.25, 0.3) is 0 Å². The Morgan fingerprint density at radius 3 is 2.38 bits per heavy atom. The van der Waals surface area contributed by atoms with Crippen molar-refractivity contribution in [3.8, 4) is 6.07 Å². The second-order valence-corrected chi connectivity index (χ2v) is 11.5. The van der Waals surface area contributed by atoms with Gasteiger partial charge in [0.1, 0.15) is 11.6 Å². The molecule has 1 aliphatic carbocycles. The molecule has 1 saturated heterocycles. The van der Waals surface area contributed by atoms with Crippen molar-refractivity contribution in [3.63, 3.8) is 0 Å². The molecule has 11 heteroatoms. The quantitative estimate of drug-likeness (QED) is 0.601. The maximum absolute atomic E-state index is 13.3. The molecule has 2 N–H and O–H groups in total. The number of nitrogens with zero attached hydrogens (tertiary/aromatic N) is 2. The second kappa shape index (κ2) is 9.19. The summed E-state index contributed by atoms with van der Waals surface area (Å²) < 4.78 is 26.7. The molecule has 1 saturated carbocycles. The standard InChI is InChI=1S/C23H21Cl2N3O5S/c24-15-7-5-14(6-8-15)20(29)22(31)28-12-16(34(32,33)19-4-2-1-3-17(19)25)11-18(28)21(30)27-23(13-26)9-10-23/h1-8,16,18,20,29H,9-12H2,(H,27,30)/t16?,18?,20-/m1/s1. The van der Waals surface area contributed by atoms with E-state index in [0.717, 1.165) is 4.90 Å². The van der Waals surface area contributed by atoms with Gasteiger partial charge in [0.05, 0.1) is 21.2 Å². The molecule has 0 radical (unpaired) electrons. The lowest BCUT2D eigenvalue weighted by molar-refractivity contribution is -0.145. The monoisotopic (exact) mass is 521 g/mol. The van der Waals surface area contributed by atoms with Crippen LogP contribution in [0, 0.1) is 11.3 Å². The lowest BCUT2D eigenvalue weighted by Crippen LogP contribution is -2.50. The first-order valence-electron chi connectivity index (χ1n) is 10.5. The van der Waals surface area contributed by atoms with Crippen molar-refractivity contribution in [1.82, 2.24) is 10.2 Å². The van der Waals surface area contributed by atoms with Gasteiger partial charge in [-0.05, 0) is 49.1 Å². The molecule has 34 heavy (non-hydrogen) atoms. The fraction of sp³-hybridized carbons (Fsp3) is 0.348. The van der Waals surface area contributed by atoms with E-state index >= 15 is 0 Å². The minimum Gasteiger partial charge on any atom is -0.378 e. The van der Waals surface area contributed by atoms with Crippen LogP contribution in [0.1, 0.15) is 30.9 Å². The molecule has 2 aromatic carbocycles. The van der Waals surface area contributed by atoms with E-state index in [1.807, 2.05) is 6.07 Å². The zero-order valence-corrected chi connectivity index (χ0v) is 20.1. The molecule has 8 nitrogen and oxygen atoms in total. The summed E-state index contributed by atoms with van der Waals surface area (Å²) in [4.78, 5) is 27.3. The fourth-order valence-corrected chi connectivity index (χ4v) is 6.37. The van der Waals surface area contributed by atoms with E-state index in [4.69, 9.17) is 23.2 Å². The average Bonchev–Trinajstić information content (AvgIpc) is 3.43. The Bertz CT molecular complexity index is 1270. The SMILES string of the molecule is N#CC1(NC(=O)C2CC(S(=O)(=O)c3ccccc3Cl)CN2C(=O)[C@H](O)c2ccc(Cl)cc2)CC1. The molecule has 4 rings (SSSR count). The molecular weight excluding hydrogens is 501 g/mol. The van der Waals surface area contributed by atoms with Gasteiger partial charge in [-0.25, -0.2) is 8.42 Å². The Morgan fingerprint density at radius 1 is 1.15 bits per heavy atom. The van der Waals surface area contributed by atoms with Gasteiger partial charge in [0.25, 0.3) is 5.91 Å². The number of rotatable bonds is 6. The van der Waals surface area contributed by atoms with Crippen molar-refractivity contribution in [2.45, 2.75) is 47.1 Å². The van der Waals surface area contributed by atoms with Crippen LogP contribution < -0.4 is 5.32 Å². The highest BCUT2D eigenvalue weighted by molar-refractivity contribution is 7.92. The Labute approximate surface area is 207 Å². The first kappa shape index (κ1) is 24.5. The van der Waals surface area contributed by atoms with E-state index in [2.05, 4.69) is 5.32 Å². The maximum atomic E-state index is 13.3. The normalized spacial score (nSPS) is 22.0. The number of carbonyl (C=O) groups is 2. The summed E-state index contributed by atoms with van der Waals surface area (Å²) in [5.41, 5.74) is -0.748. The van der Waals surface area contributed by atoms with Crippen molar-refractivity contribution in [3.05, 3.63) is 64.1 Å². The number of benzene rings is 2. The molecule has 0 bridgehead atoms. The summed E-state index contributed by atoms with van der Waals surface area (Å²) >= 11 is 12.0. The molecule has 2 unspecified atom stereocenters. The van der Waals surface area contributed by atoms with Crippen LogP contribution in [-0.2, 0) is 19.4 Å². The van der Waals surface area contributed by atoms with Crippen LogP contribution in [-0.4, -0.2) is 53.6 Å². The topological polar surface area (TPSA) is 128 Å². The molecular formula is C23H21Cl2N3O5S. The molecule has 178 valence electrons. The Morgan fingerprint density at radius 2 is 1.79 bits per heavy atom. The predicted octanol–water partition coefficient (Wildman–Crippen LogP) is 2.64. The molecule has 3 atom stereocenters. The van der Waals surface area contributed by atoms with E-state index in [1.54, 1.807) is 6.07 Å². The van der Waals surface area contributed by atoms with Crippen LogP contribution in [0.2, 0.25) is 10.0 Å². The highest BCUT2D eigenvalue weighted by Gasteiger charge is 2.51. The number of likely N-dealkylation sites (tertiary alicyclic amines) is 1. The van der Waals surface area contributed by atoms with Gasteiger partial charge >= 0.3 is 0 Å². The van der Waals surface area contributed by atoms with Crippen molar-refractivity contribution in [1.29, 1.82) is 5.26 Å². The van der Waals surface area contributed by atoms with Crippen LogP contribution in [0.3, 0.4) is 0 Å². The molecule has 1 aliphatic heterocycles. The zero-order valence-electron chi connectivity index (χ0n) is 17.8. The van der Waals surface area contributed by atoms with Crippen molar-refractivity contribution >= 4 is 44.9 Å². The van der Waals surface area contributed by atoms with Crippen LogP contribution in [0.4, 0.5) is 0 Å². The van der Waals surface area contributed by atoms with Crippen LogP contribution in [0.5, 0.6) is 0 Å². The summed E-state index contributed by atoms with van der Waals surface area (Å²) in [7, 11) is -4.00. The number of aliphatic hydroxyl groups is 1. The Kier molecular flexibility index (Phi) is 6.62. The molecule has 2 fully saturated rings. The smallest absolute Gasteiger partial charge is 0.256 e. The summed E-state index contributed by atoms with van der Waals surface area (Å²) in [6.07, 6.45) is -0.866. The van der Waals surface area contributed by atoms with E-state index < -0.39 is 44.6 Å². The van der Waals surface area contributed by atoms with Crippen molar-refractivity contribution in [2.75, 3.05) is 6.54 Å². The van der Waals surface area contributed by atoms with E-state index in [1.165, 1.54) is 42.5 Å². The number of halogens is 2. The van der Waals surface area contributed by atoms with Gasteiger partial charge in [0, 0.05) is 11.6 Å². The summed E-state index contributed by atoms with van der Waals surface area (Å²) in [6, 6.07) is 12.8. The van der Waals surface area contributed by atoms with Crippen LogP contribution >= 0.6 is 23.2 Å². The largest absolute Gasteiger partial charge is 0.378 e. The lowest BCUT2D eigenvalue weighted by atomic mass is 10.1. The van der Waals surface area contributed by atoms with Gasteiger partial charge in [0.2, 0.25) is 5.91 Å². The molecule has 1 heterocycles. The zero-order chi connectivity index (χ0) is 24.7. The summed E-state index contributed by atoms with van der Waals surface area (Å²) in [5.74, 6) is -1.45. The third-order valence-electron chi connectivity index (χ3n) is 6.18. The van der Waals surface area contributed by atoms with Crippen molar-refractivity contribution < 1.29 is 23.1 Å². The molecule has 0 spiro atoms. The van der Waals surface area contributed by atoms with Gasteiger partial charge < -0.3 is 15.3 Å². The highest BCUT2D eigenvalue weighted by Crippen LogP contribution is 2.37. The molecule has 2 aliphatic rings. The highest BCUT2D eigenvalue weighted by atomic mass is 35.5. The number of nitriles is 1. The number of sulfone groups is 1. The number of hydrogen-bond donors (Lipinski definition) is 2. The molecule has 0 aromatic heterocycles. The maximum Gasteiger partial charge on any atom is 0.256 e.